The molecule has 2 aliphatic rings. The van der Waals surface area contributed by atoms with Gasteiger partial charge in [-0.05, 0) is 55.9 Å². The maximum absolute atomic E-state index is 12.8. The third-order valence-electron chi connectivity index (χ3n) is 4.61. The molecule has 1 atom stereocenters. The zero-order valence-electron chi connectivity index (χ0n) is 11.5. The van der Waals surface area contributed by atoms with Crippen molar-refractivity contribution in [3.8, 4) is 0 Å². The molecule has 0 bridgehead atoms. The summed E-state index contributed by atoms with van der Waals surface area (Å²) in [5.74, 6) is 0.572. The van der Waals surface area contributed by atoms with Crippen LogP contribution in [0.25, 0.3) is 0 Å². The van der Waals surface area contributed by atoms with Crippen LogP contribution in [-0.2, 0) is 10.0 Å². The molecule has 3 nitrogen and oxygen atoms in total. The third kappa shape index (κ3) is 2.68. The number of rotatable bonds is 3. The molecule has 0 spiro atoms. The maximum Gasteiger partial charge on any atom is 0.243 e. The average molecular weight is 358 g/mol. The SMILES string of the molecule is O=S(=O)(c1ccc(Br)cc1)N1CCCC1C1CCCC1. The molecule has 1 unspecified atom stereocenters. The molecule has 2 fully saturated rings. The highest BCUT2D eigenvalue weighted by atomic mass is 79.9. The Morgan fingerprint density at radius 2 is 1.65 bits per heavy atom. The molecule has 110 valence electrons. The van der Waals surface area contributed by atoms with Crippen LogP contribution in [0.1, 0.15) is 38.5 Å². The van der Waals surface area contributed by atoms with Gasteiger partial charge >= 0.3 is 0 Å². The highest BCUT2D eigenvalue weighted by molar-refractivity contribution is 9.10. The van der Waals surface area contributed by atoms with E-state index in [1.807, 2.05) is 0 Å². The Kier molecular flexibility index (Phi) is 4.20. The number of hydrogen-bond donors (Lipinski definition) is 0. The number of benzene rings is 1. The Bertz CT molecular complexity index is 564. The van der Waals surface area contributed by atoms with E-state index in [2.05, 4.69) is 15.9 Å². The zero-order chi connectivity index (χ0) is 14.2. The van der Waals surface area contributed by atoms with Gasteiger partial charge in [0.2, 0.25) is 10.0 Å². The Morgan fingerprint density at radius 3 is 2.30 bits per heavy atom. The van der Waals surface area contributed by atoms with Crippen LogP contribution in [0.5, 0.6) is 0 Å². The summed E-state index contributed by atoms with van der Waals surface area (Å²) >= 11 is 3.35. The first kappa shape index (κ1) is 14.5. The van der Waals surface area contributed by atoms with Crippen LogP contribution in [-0.4, -0.2) is 25.3 Å². The van der Waals surface area contributed by atoms with Gasteiger partial charge in [-0.3, -0.25) is 0 Å². The Hall–Kier alpha value is -0.390. The first-order valence-corrected chi connectivity index (χ1v) is 9.60. The lowest BCUT2D eigenvalue weighted by molar-refractivity contribution is 0.288. The highest BCUT2D eigenvalue weighted by Crippen LogP contribution is 2.38. The summed E-state index contributed by atoms with van der Waals surface area (Å²) in [6.07, 6.45) is 6.92. The second-order valence-electron chi connectivity index (χ2n) is 5.82. The summed E-state index contributed by atoms with van der Waals surface area (Å²) in [7, 11) is -3.33. The van der Waals surface area contributed by atoms with Crippen LogP contribution in [0.3, 0.4) is 0 Å². The molecule has 0 amide bonds. The van der Waals surface area contributed by atoms with Crippen LogP contribution < -0.4 is 0 Å². The fourth-order valence-electron chi connectivity index (χ4n) is 3.62. The summed E-state index contributed by atoms with van der Waals surface area (Å²) in [4.78, 5) is 0.422. The van der Waals surface area contributed by atoms with Crippen LogP contribution in [0.2, 0.25) is 0 Å². The van der Waals surface area contributed by atoms with Gasteiger partial charge in [0.05, 0.1) is 4.90 Å². The lowest BCUT2D eigenvalue weighted by atomic mass is 9.97. The van der Waals surface area contributed by atoms with Crippen LogP contribution in [0, 0.1) is 5.92 Å². The Balaban J connectivity index is 1.87. The third-order valence-corrected chi connectivity index (χ3v) is 7.08. The van der Waals surface area contributed by atoms with Gasteiger partial charge in [0.15, 0.2) is 0 Å². The van der Waals surface area contributed by atoms with E-state index >= 15 is 0 Å². The van der Waals surface area contributed by atoms with Crippen molar-refractivity contribution >= 4 is 26.0 Å². The van der Waals surface area contributed by atoms with E-state index < -0.39 is 10.0 Å². The summed E-state index contributed by atoms with van der Waals surface area (Å²) in [5, 5.41) is 0. The van der Waals surface area contributed by atoms with Gasteiger partial charge in [-0.15, -0.1) is 0 Å². The first-order chi connectivity index (χ1) is 9.59. The molecule has 0 aromatic heterocycles. The standard InChI is InChI=1S/C15H20BrNO2S/c16-13-7-9-14(10-8-13)20(18,19)17-11-3-6-15(17)12-4-1-2-5-12/h7-10,12,15H,1-6,11H2. The van der Waals surface area contributed by atoms with E-state index in [0.717, 1.165) is 17.3 Å². The van der Waals surface area contributed by atoms with Crippen molar-refractivity contribution in [2.45, 2.75) is 49.5 Å². The van der Waals surface area contributed by atoms with Gasteiger partial charge in [0.1, 0.15) is 0 Å². The van der Waals surface area contributed by atoms with E-state index in [4.69, 9.17) is 0 Å². The topological polar surface area (TPSA) is 37.4 Å². The van der Waals surface area contributed by atoms with E-state index in [-0.39, 0.29) is 6.04 Å². The van der Waals surface area contributed by atoms with Gasteiger partial charge < -0.3 is 0 Å². The minimum Gasteiger partial charge on any atom is -0.207 e. The number of nitrogens with zero attached hydrogens (tertiary/aromatic N) is 1. The highest BCUT2D eigenvalue weighted by Gasteiger charge is 2.40. The largest absolute Gasteiger partial charge is 0.243 e. The van der Waals surface area contributed by atoms with Gasteiger partial charge in [-0.2, -0.15) is 4.31 Å². The van der Waals surface area contributed by atoms with Crippen molar-refractivity contribution in [3.05, 3.63) is 28.7 Å². The second-order valence-corrected chi connectivity index (χ2v) is 8.63. The second kappa shape index (κ2) is 5.78. The zero-order valence-corrected chi connectivity index (χ0v) is 13.9. The van der Waals surface area contributed by atoms with Gasteiger partial charge in [0, 0.05) is 17.1 Å². The number of halogens is 1. The lowest BCUT2D eigenvalue weighted by Crippen LogP contribution is -2.39. The van der Waals surface area contributed by atoms with Gasteiger partial charge in [-0.25, -0.2) is 8.42 Å². The van der Waals surface area contributed by atoms with Gasteiger partial charge in [0.25, 0.3) is 0 Å². The minimum atomic E-state index is -3.33. The van der Waals surface area contributed by atoms with Crippen molar-refractivity contribution in [1.82, 2.24) is 4.31 Å². The molecule has 0 radical (unpaired) electrons. The summed E-state index contributed by atoms with van der Waals surface area (Å²) < 4.78 is 28.3. The van der Waals surface area contributed by atoms with Crippen molar-refractivity contribution in [1.29, 1.82) is 0 Å². The van der Waals surface area contributed by atoms with Crippen molar-refractivity contribution < 1.29 is 8.42 Å². The van der Waals surface area contributed by atoms with Crippen molar-refractivity contribution in [2.75, 3.05) is 6.54 Å². The monoisotopic (exact) mass is 357 g/mol. The van der Waals surface area contributed by atoms with Crippen LogP contribution in [0.15, 0.2) is 33.6 Å². The van der Waals surface area contributed by atoms with E-state index in [1.54, 1.807) is 28.6 Å². The number of hydrogen-bond acceptors (Lipinski definition) is 2. The molecule has 1 saturated carbocycles. The molecular formula is C15H20BrNO2S. The molecule has 20 heavy (non-hydrogen) atoms. The molecule has 1 saturated heterocycles. The fraction of sp³-hybridized carbons (Fsp3) is 0.600. The molecule has 1 heterocycles. The quantitative estimate of drug-likeness (QED) is 0.824. The maximum atomic E-state index is 12.8. The fourth-order valence-corrected chi connectivity index (χ4v) is 5.64. The molecular weight excluding hydrogens is 338 g/mol. The number of sulfonamides is 1. The Morgan fingerprint density at radius 1 is 1.00 bits per heavy atom. The van der Waals surface area contributed by atoms with Crippen LogP contribution >= 0.6 is 15.9 Å². The average Bonchev–Trinajstić information content (AvgIpc) is 3.10. The van der Waals surface area contributed by atoms with E-state index in [0.29, 0.717) is 17.4 Å². The minimum absolute atomic E-state index is 0.228. The predicted octanol–water partition coefficient (Wildman–Crippen LogP) is 3.79. The summed E-state index contributed by atoms with van der Waals surface area (Å²) in [6, 6.07) is 7.22. The van der Waals surface area contributed by atoms with Crippen molar-refractivity contribution in [2.24, 2.45) is 5.92 Å². The van der Waals surface area contributed by atoms with Crippen LogP contribution in [0.4, 0.5) is 0 Å². The molecule has 1 aromatic rings. The molecule has 5 heteroatoms. The normalized spacial score (nSPS) is 25.4. The smallest absolute Gasteiger partial charge is 0.207 e. The van der Waals surface area contributed by atoms with Gasteiger partial charge in [-0.1, -0.05) is 28.8 Å². The predicted molar refractivity (Wildman–Crippen MR) is 83.0 cm³/mol. The van der Waals surface area contributed by atoms with Crippen molar-refractivity contribution in [3.63, 3.8) is 0 Å². The molecule has 1 aliphatic heterocycles. The Labute approximate surface area is 129 Å². The molecule has 3 rings (SSSR count). The molecule has 1 aromatic carbocycles. The molecule has 0 N–H and O–H groups in total. The lowest BCUT2D eigenvalue weighted by Gasteiger charge is -2.28. The van der Waals surface area contributed by atoms with E-state index in [1.165, 1.54) is 25.7 Å². The summed E-state index contributed by atoms with van der Waals surface area (Å²) in [6.45, 7) is 0.680. The summed E-state index contributed by atoms with van der Waals surface area (Å²) in [5.41, 5.74) is 0. The van der Waals surface area contributed by atoms with E-state index in [9.17, 15) is 8.42 Å². The molecule has 1 aliphatic carbocycles. The first-order valence-electron chi connectivity index (χ1n) is 7.36.